The predicted octanol–water partition coefficient (Wildman–Crippen LogP) is 3.47. The first-order chi connectivity index (χ1) is 14.5. The van der Waals surface area contributed by atoms with Crippen molar-refractivity contribution < 1.29 is 9.18 Å². The molecule has 0 unspecified atom stereocenters. The summed E-state index contributed by atoms with van der Waals surface area (Å²) >= 11 is 7.36. The summed E-state index contributed by atoms with van der Waals surface area (Å²) in [4.78, 5) is 40.3. The van der Waals surface area contributed by atoms with Crippen LogP contribution in [0.25, 0.3) is 10.2 Å². The van der Waals surface area contributed by atoms with Crippen molar-refractivity contribution in [3.63, 3.8) is 0 Å². The Hall–Kier alpha value is -2.45. The zero-order valence-electron chi connectivity index (χ0n) is 16.3. The number of likely N-dealkylation sites (tertiary alicyclic amines) is 1. The lowest BCUT2D eigenvalue weighted by Gasteiger charge is -2.26. The minimum Gasteiger partial charge on any atom is -0.343 e. The van der Waals surface area contributed by atoms with Crippen LogP contribution in [-0.2, 0) is 17.9 Å². The molecule has 1 fully saturated rings. The third-order valence-corrected chi connectivity index (χ3v) is 6.72. The molecular weight excluding hydrogens is 429 g/mol. The van der Waals surface area contributed by atoms with Crippen molar-refractivity contribution >= 4 is 39.1 Å². The summed E-state index contributed by atoms with van der Waals surface area (Å²) in [5, 5.41) is 1.93. The lowest BCUT2D eigenvalue weighted by atomic mass is 10.1. The molecule has 1 saturated heterocycles. The number of carbonyl (C=O) groups excluding carboxylic acids is 1. The first kappa shape index (κ1) is 20.8. The highest BCUT2D eigenvalue weighted by atomic mass is 35.5. The third kappa shape index (κ3) is 3.94. The van der Waals surface area contributed by atoms with Crippen molar-refractivity contribution in [2.45, 2.75) is 38.8 Å². The Labute approximate surface area is 181 Å². The molecule has 2 aromatic heterocycles. The van der Waals surface area contributed by atoms with Gasteiger partial charge in [0.25, 0.3) is 5.56 Å². The quantitative estimate of drug-likeness (QED) is 0.599. The normalized spacial score (nSPS) is 14.4. The SMILES string of the molecule is O=C(CCn1c(=O)c2sccc2n(Cc2c(F)cccc2Cl)c1=O)N1CCCCC1. The van der Waals surface area contributed by atoms with E-state index in [1.165, 1.54) is 28.0 Å². The summed E-state index contributed by atoms with van der Waals surface area (Å²) in [5.41, 5.74) is -0.375. The van der Waals surface area contributed by atoms with Crippen LogP contribution in [0, 0.1) is 5.82 Å². The third-order valence-electron chi connectivity index (χ3n) is 5.47. The molecule has 0 N–H and O–H groups in total. The van der Waals surface area contributed by atoms with Crippen LogP contribution in [0.5, 0.6) is 0 Å². The Morgan fingerprint density at radius 3 is 2.60 bits per heavy atom. The van der Waals surface area contributed by atoms with Crippen LogP contribution in [0.4, 0.5) is 4.39 Å². The number of piperidine rings is 1. The molecule has 1 aromatic carbocycles. The van der Waals surface area contributed by atoms with Gasteiger partial charge in [0.15, 0.2) is 0 Å². The number of thiophene rings is 1. The Kier molecular flexibility index (Phi) is 6.06. The van der Waals surface area contributed by atoms with Gasteiger partial charge in [0.05, 0.1) is 12.1 Å². The minimum absolute atomic E-state index is 0.00809. The standard InChI is InChI=1S/C21H21ClFN3O3S/c22-15-5-4-6-16(23)14(15)13-26-17-8-12-30-19(17)20(28)25(21(26)29)11-7-18(27)24-9-2-1-3-10-24/h4-6,8,12H,1-3,7,9-11,13H2. The number of benzene rings is 1. The van der Waals surface area contributed by atoms with E-state index in [0.717, 1.165) is 23.8 Å². The molecule has 1 aliphatic rings. The van der Waals surface area contributed by atoms with Crippen LogP contribution in [0.3, 0.4) is 0 Å². The summed E-state index contributed by atoms with van der Waals surface area (Å²) in [6, 6.07) is 6.01. The number of rotatable bonds is 5. The summed E-state index contributed by atoms with van der Waals surface area (Å²) in [6.45, 7) is 1.32. The van der Waals surface area contributed by atoms with Crippen molar-refractivity contribution in [2.75, 3.05) is 13.1 Å². The molecule has 0 bridgehead atoms. The average Bonchev–Trinajstić information content (AvgIpc) is 3.23. The molecule has 30 heavy (non-hydrogen) atoms. The molecule has 4 rings (SSSR count). The Balaban J connectivity index is 1.70. The van der Waals surface area contributed by atoms with E-state index in [-0.39, 0.29) is 36.0 Å². The highest BCUT2D eigenvalue weighted by Crippen LogP contribution is 2.22. The van der Waals surface area contributed by atoms with Gasteiger partial charge in [-0.1, -0.05) is 17.7 Å². The summed E-state index contributed by atoms with van der Waals surface area (Å²) in [7, 11) is 0. The number of amides is 1. The molecule has 0 spiro atoms. The second-order valence-electron chi connectivity index (χ2n) is 7.35. The number of nitrogens with zero attached hydrogens (tertiary/aromatic N) is 3. The van der Waals surface area contributed by atoms with Crippen molar-refractivity contribution in [3.05, 3.63) is 66.9 Å². The van der Waals surface area contributed by atoms with Crippen molar-refractivity contribution in [2.24, 2.45) is 0 Å². The molecule has 1 amide bonds. The Morgan fingerprint density at radius 2 is 1.87 bits per heavy atom. The van der Waals surface area contributed by atoms with Gasteiger partial charge in [0.1, 0.15) is 10.5 Å². The molecule has 0 saturated carbocycles. The highest BCUT2D eigenvalue weighted by Gasteiger charge is 2.20. The number of carbonyl (C=O) groups is 1. The molecule has 158 valence electrons. The smallest absolute Gasteiger partial charge is 0.331 e. The van der Waals surface area contributed by atoms with Crippen LogP contribution in [0.2, 0.25) is 5.02 Å². The lowest BCUT2D eigenvalue weighted by molar-refractivity contribution is -0.132. The van der Waals surface area contributed by atoms with E-state index in [4.69, 9.17) is 11.6 Å². The number of halogens is 2. The monoisotopic (exact) mass is 449 g/mol. The van der Waals surface area contributed by atoms with Gasteiger partial charge >= 0.3 is 5.69 Å². The van der Waals surface area contributed by atoms with E-state index in [9.17, 15) is 18.8 Å². The maximum atomic E-state index is 14.3. The largest absolute Gasteiger partial charge is 0.343 e. The first-order valence-electron chi connectivity index (χ1n) is 9.89. The second-order valence-corrected chi connectivity index (χ2v) is 8.68. The van der Waals surface area contributed by atoms with Crippen LogP contribution >= 0.6 is 22.9 Å². The molecule has 0 aliphatic carbocycles. The number of aromatic nitrogens is 2. The zero-order chi connectivity index (χ0) is 21.3. The summed E-state index contributed by atoms with van der Waals surface area (Å²) in [6.07, 6.45) is 3.14. The summed E-state index contributed by atoms with van der Waals surface area (Å²) < 4.78 is 17.1. The van der Waals surface area contributed by atoms with Gasteiger partial charge < -0.3 is 4.90 Å². The van der Waals surface area contributed by atoms with Crippen LogP contribution < -0.4 is 11.2 Å². The van der Waals surface area contributed by atoms with Gasteiger partial charge in [0, 0.05) is 36.6 Å². The van der Waals surface area contributed by atoms with Gasteiger partial charge in [-0.2, -0.15) is 0 Å². The average molecular weight is 450 g/mol. The van der Waals surface area contributed by atoms with Gasteiger partial charge in [-0.25, -0.2) is 9.18 Å². The maximum Gasteiger partial charge on any atom is 0.331 e. The molecular formula is C21H21ClFN3O3S. The highest BCUT2D eigenvalue weighted by molar-refractivity contribution is 7.17. The minimum atomic E-state index is -0.573. The maximum absolute atomic E-state index is 14.3. The molecule has 9 heteroatoms. The zero-order valence-corrected chi connectivity index (χ0v) is 17.8. The number of hydrogen-bond acceptors (Lipinski definition) is 4. The van der Waals surface area contributed by atoms with Crippen LogP contribution in [0.15, 0.2) is 39.2 Å². The fraction of sp³-hybridized carbons (Fsp3) is 0.381. The van der Waals surface area contributed by atoms with Gasteiger partial charge in [-0.3, -0.25) is 18.7 Å². The van der Waals surface area contributed by atoms with E-state index < -0.39 is 17.1 Å². The predicted molar refractivity (Wildman–Crippen MR) is 116 cm³/mol. The van der Waals surface area contributed by atoms with E-state index >= 15 is 0 Å². The van der Waals surface area contributed by atoms with E-state index in [0.29, 0.717) is 23.3 Å². The molecule has 3 heterocycles. The second kappa shape index (κ2) is 8.73. The Bertz CT molecular complexity index is 1190. The van der Waals surface area contributed by atoms with E-state index in [1.807, 2.05) is 0 Å². The van der Waals surface area contributed by atoms with Crippen molar-refractivity contribution in [1.29, 1.82) is 0 Å². The molecule has 0 radical (unpaired) electrons. The lowest BCUT2D eigenvalue weighted by Crippen LogP contribution is -2.42. The molecule has 1 aliphatic heterocycles. The van der Waals surface area contributed by atoms with Gasteiger partial charge in [-0.15, -0.1) is 11.3 Å². The van der Waals surface area contributed by atoms with E-state index in [1.54, 1.807) is 22.4 Å². The summed E-state index contributed by atoms with van der Waals surface area (Å²) in [5.74, 6) is -0.577. The fourth-order valence-corrected chi connectivity index (χ4v) is 4.90. The van der Waals surface area contributed by atoms with Crippen molar-refractivity contribution in [1.82, 2.24) is 14.0 Å². The van der Waals surface area contributed by atoms with E-state index in [2.05, 4.69) is 0 Å². The van der Waals surface area contributed by atoms with Gasteiger partial charge in [-0.05, 0) is 42.8 Å². The fourth-order valence-electron chi connectivity index (χ4n) is 3.83. The number of fused-ring (bicyclic) bond motifs is 1. The number of hydrogen-bond donors (Lipinski definition) is 0. The molecule has 6 nitrogen and oxygen atoms in total. The first-order valence-corrected chi connectivity index (χ1v) is 11.1. The van der Waals surface area contributed by atoms with Crippen LogP contribution in [-0.4, -0.2) is 33.0 Å². The molecule has 0 atom stereocenters. The Morgan fingerprint density at radius 1 is 1.10 bits per heavy atom. The topological polar surface area (TPSA) is 64.3 Å². The molecule has 3 aromatic rings. The van der Waals surface area contributed by atoms with Crippen molar-refractivity contribution in [3.8, 4) is 0 Å². The van der Waals surface area contributed by atoms with Gasteiger partial charge in [0.2, 0.25) is 5.91 Å². The van der Waals surface area contributed by atoms with Crippen LogP contribution in [0.1, 0.15) is 31.2 Å².